The standard InChI is InChI=1S/C22H20Cl2N2O3/c1-25(2)10-3-11-26-19(13-4-6-14(23)7-5-13)18-20(27)16-12-15(24)8-9-17(16)29-21(18)22(26)28/h4-9,12,19H,3,10-11H2,1-2H3/p+1/t19-/m1/s1. The Labute approximate surface area is 178 Å². The second-order valence-corrected chi connectivity index (χ2v) is 8.45. The lowest BCUT2D eigenvalue weighted by molar-refractivity contribution is -0.858. The third-order valence-electron chi connectivity index (χ3n) is 5.19. The van der Waals surface area contributed by atoms with Gasteiger partial charge in [-0.15, -0.1) is 0 Å². The molecular weight excluding hydrogens is 411 g/mol. The Morgan fingerprint density at radius 3 is 2.41 bits per heavy atom. The zero-order chi connectivity index (χ0) is 20.7. The van der Waals surface area contributed by atoms with Crippen molar-refractivity contribution in [1.82, 2.24) is 4.90 Å². The van der Waals surface area contributed by atoms with Crippen molar-refractivity contribution in [3.63, 3.8) is 0 Å². The fraction of sp³-hybridized carbons (Fsp3) is 0.273. The topological polar surface area (TPSA) is 55.0 Å². The first-order valence-corrected chi connectivity index (χ1v) is 10.2. The summed E-state index contributed by atoms with van der Waals surface area (Å²) in [5.74, 6) is -0.148. The minimum atomic E-state index is -0.508. The third kappa shape index (κ3) is 3.66. The van der Waals surface area contributed by atoms with E-state index in [4.69, 9.17) is 27.6 Å². The molecule has 7 heteroatoms. The van der Waals surface area contributed by atoms with Crippen LogP contribution in [0.15, 0.2) is 51.7 Å². The number of nitrogens with one attached hydrogen (secondary N) is 1. The summed E-state index contributed by atoms with van der Waals surface area (Å²) >= 11 is 12.1. The lowest BCUT2D eigenvalue weighted by Crippen LogP contribution is -3.05. The number of hydrogen-bond acceptors (Lipinski definition) is 3. The molecular formula is C22H21Cl2N2O3+. The molecule has 0 radical (unpaired) electrons. The molecule has 0 bridgehead atoms. The van der Waals surface area contributed by atoms with E-state index in [1.807, 2.05) is 12.1 Å². The van der Waals surface area contributed by atoms with E-state index in [1.165, 1.54) is 4.90 Å². The molecule has 0 saturated carbocycles. The summed E-state index contributed by atoms with van der Waals surface area (Å²) in [6.45, 7) is 1.43. The number of amides is 1. The zero-order valence-corrected chi connectivity index (χ0v) is 17.7. The molecule has 1 N–H and O–H groups in total. The molecule has 0 fully saturated rings. The van der Waals surface area contributed by atoms with Gasteiger partial charge in [0.2, 0.25) is 5.76 Å². The van der Waals surface area contributed by atoms with Crippen molar-refractivity contribution in [2.75, 3.05) is 27.2 Å². The molecule has 3 aromatic rings. The van der Waals surface area contributed by atoms with Gasteiger partial charge in [-0.2, -0.15) is 0 Å². The predicted molar refractivity (Wildman–Crippen MR) is 114 cm³/mol. The average Bonchev–Trinajstić information content (AvgIpc) is 2.95. The van der Waals surface area contributed by atoms with E-state index in [1.54, 1.807) is 35.2 Å². The van der Waals surface area contributed by atoms with E-state index in [-0.39, 0.29) is 17.1 Å². The number of hydrogen-bond donors (Lipinski definition) is 1. The van der Waals surface area contributed by atoms with Crippen LogP contribution in [0.5, 0.6) is 0 Å². The van der Waals surface area contributed by atoms with Crippen LogP contribution < -0.4 is 10.3 Å². The molecule has 0 aliphatic carbocycles. The largest absolute Gasteiger partial charge is 0.450 e. The van der Waals surface area contributed by atoms with E-state index < -0.39 is 6.04 Å². The third-order valence-corrected chi connectivity index (χ3v) is 5.68. The predicted octanol–water partition coefficient (Wildman–Crippen LogP) is 3.18. The van der Waals surface area contributed by atoms with Crippen molar-refractivity contribution in [1.29, 1.82) is 0 Å². The van der Waals surface area contributed by atoms with E-state index >= 15 is 0 Å². The van der Waals surface area contributed by atoms with Crippen LogP contribution in [-0.2, 0) is 0 Å². The van der Waals surface area contributed by atoms with E-state index in [0.717, 1.165) is 18.5 Å². The minimum absolute atomic E-state index is 0.113. The number of nitrogens with zero attached hydrogens (tertiary/aromatic N) is 1. The Balaban J connectivity index is 1.88. The maximum atomic E-state index is 13.4. The number of halogens is 2. The van der Waals surface area contributed by atoms with Gasteiger partial charge in [0, 0.05) is 23.0 Å². The molecule has 29 heavy (non-hydrogen) atoms. The summed E-state index contributed by atoms with van der Waals surface area (Å²) in [6, 6.07) is 11.6. The van der Waals surface area contributed by atoms with Crippen molar-refractivity contribution in [2.45, 2.75) is 12.5 Å². The average molecular weight is 432 g/mol. The van der Waals surface area contributed by atoms with Crippen LogP contribution in [0, 0.1) is 0 Å². The molecule has 0 unspecified atom stereocenters. The Hall–Kier alpha value is -2.34. The molecule has 5 nitrogen and oxygen atoms in total. The second kappa shape index (κ2) is 7.82. The van der Waals surface area contributed by atoms with Crippen LogP contribution in [0.1, 0.15) is 34.1 Å². The minimum Gasteiger partial charge on any atom is -0.450 e. The molecule has 1 amide bonds. The van der Waals surface area contributed by atoms with Crippen molar-refractivity contribution in [2.24, 2.45) is 0 Å². The highest BCUT2D eigenvalue weighted by Crippen LogP contribution is 2.38. The molecule has 1 aliphatic heterocycles. The summed E-state index contributed by atoms with van der Waals surface area (Å²) in [5.41, 5.74) is 1.33. The van der Waals surface area contributed by atoms with Crippen LogP contribution in [0.25, 0.3) is 11.0 Å². The molecule has 2 aromatic carbocycles. The lowest BCUT2D eigenvalue weighted by Gasteiger charge is -2.25. The highest BCUT2D eigenvalue weighted by molar-refractivity contribution is 6.31. The summed E-state index contributed by atoms with van der Waals surface area (Å²) in [4.78, 5) is 29.6. The van der Waals surface area contributed by atoms with Crippen molar-refractivity contribution in [3.8, 4) is 0 Å². The Morgan fingerprint density at radius 2 is 1.72 bits per heavy atom. The number of quaternary nitrogens is 1. The fourth-order valence-corrected chi connectivity index (χ4v) is 4.12. The Morgan fingerprint density at radius 1 is 1.03 bits per heavy atom. The molecule has 4 rings (SSSR count). The van der Waals surface area contributed by atoms with E-state index in [0.29, 0.717) is 33.1 Å². The maximum Gasteiger partial charge on any atom is 0.290 e. The van der Waals surface area contributed by atoms with Crippen LogP contribution in [0.3, 0.4) is 0 Å². The monoisotopic (exact) mass is 431 g/mol. The molecule has 150 valence electrons. The number of benzene rings is 2. The van der Waals surface area contributed by atoms with E-state index in [2.05, 4.69) is 14.1 Å². The van der Waals surface area contributed by atoms with Crippen molar-refractivity contribution in [3.05, 3.63) is 79.6 Å². The SMILES string of the molecule is C[NH+](C)CCCN1C(=O)c2oc3ccc(Cl)cc3c(=O)c2[C@H]1c1ccc(Cl)cc1. The quantitative estimate of drug-likeness (QED) is 0.674. The molecule has 0 spiro atoms. The summed E-state index contributed by atoms with van der Waals surface area (Å²) in [7, 11) is 4.14. The van der Waals surface area contributed by atoms with Gasteiger partial charge in [0.1, 0.15) is 5.58 Å². The fourth-order valence-electron chi connectivity index (χ4n) is 3.82. The zero-order valence-electron chi connectivity index (χ0n) is 16.2. The first-order valence-electron chi connectivity index (χ1n) is 9.48. The summed E-state index contributed by atoms with van der Waals surface area (Å²) in [6.07, 6.45) is 0.811. The number of carbonyl (C=O) groups excluding carboxylic acids is 1. The highest BCUT2D eigenvalue weighted by Gasteiger charge is 2.42. The van der Waals surface area contributed by atoms with Gasteiger partial charge < -0.3 is 14.2 Å². The van der Waals surface area contributed by atoms with Crippen LogP contribution in [0.4, 0.5) is 0 Å². The molecule has 0 saturated heterocycles. The molecule has 1 atom stereocenters. The van der Waals surface area contributed by atoms with Gasteiger partial charge in [0.05, 0.1) is 37.6 Å². The van der Waals surface area contributed by atoms with E-state index in [9.17, 15) is 9.59 Å². The number of fused-ring (bicyclic) bond motifs is 2. The van der Waals surface area contributed by atoms with Gasteiger partial charge in [-0.05, 0) is 35.9 Å². The first-order chi connectivity index (χ1) is 13.9. The lowest BCUT2D eigenvalue weighted by atomic mass is 9.98. The molecule has 2 heterocycles. The summed E-state index contributed by atoms with van der Waals surface area (Å²) in [5, 5.41) is 1.42. The maximum absolute atomic E-state index is 13.4. The van der Waals surface area contributed by atoms with Gasteiger partial charge in [0.25, 0.3) is 5.91 Å². The highest BCUT2D eigenvalue weighted by atomic mass is 35.5. The normalized spacial score (nSPS) is 16.1. The van der Waals surface area contributed by atoms with Crippen molar-refractivity contribution >= 4 is 40.1 Å². The number of rotatable bonds is 5. The first kappa shape index (κ1) is 20.0. The smallest absolute Gasteiger partial charge is 0.290 e. The van der Waals surface area contributed by atoms with Gasteiger partial charge in [-0.25, -0.2) is 0 Å². The number of carbonyl (C=O) groups is 1. The van der Waals surface area contributed by atoms with Gasteiger partial charge in [0.15, 0.2) is 5.43 Å². The van der Waals surface area contributed by atoms with Crippen molar-refractivity contribution < 1.29 is 14.1 Å². The van der Waals surface area contributed by atoms with Crippen LogP contribution >= 0.6 is 23.2 Å². The van der Waals surface area contributed by atoms with Crippen LogP contribution in [0.2, 0.25) is 10.0 Å². The Bertz CT molecular complexity index is 1140. The molecule has 1 aromatic heterocycles. The second-order valence-electron chi connectivity index (χ2n) is 7.58. The summed E-state index contributed by atoms with van der Waals surface area (Å²) < 4.78 is 5.90. The van der Waals surface area contributed by atoms with Crippen LogP contribution in [-0.4, -0.2) is 38.0 Å². The van der Waals surface area contributed by atoms with Gasteiger partial charge in [-0.3, -0.25) is 9.59 Å². The molecule has 1 aliphatic rings. The van der Waals surface area contributed by atoms with Gasteiger partial charge in [-0.1, -0.05) is 35.3 Å². The Kier molecular flexibility index (Phi) is 5.38. The van der Waals surface area contributed by atoms with Gasteiger partial charge >= 0.3 is 0 Å².